The van der Waals surface area contributed by atoms with Crippen molar-refractivity contribution in [3.8, 4) is 0 Å². The zero-order chi connectivity index (χ0) is 14.0. The van der Waals surface area contributed by atoms with E-state index in [4.69, 9.17) is 28.9 Å². The Hall–Kier alpha value is -0.360. The Kier molecular flexibility index (Phi) is 5.06. The molecule has 0 aromatic rings. The fraction of sp³-hybridized carbons (Fsp3) is 0.833. The topological polar surface area (TPSA) is 70.7 Å². The van der Waals surface area contributed by atoms with Gasteiger partial charge in [0.2, 0.25) is 5.91 Å². The summed E-state index contributed by atoms with van der Waals surface area (Å²) in [5.41, 5.74) is 5.34. The molecule has 0 aromatic carbocycles. The van der Waals surface area contributed by atoms with Gasteiger partial charge in [-0.15, -0.1) is 11.6 Å². The van der Waals surface area contributed by atoms with Crippen molar-refractivity contribution in [3.63, 3.8) is 0 Å². The number of hydrogen-bond acceptors (Lipinski definition) is 4. The number of aliphatic imine (C=N–C) groups is 1. The first-order chi connectivity index (χ1) is 9.00. The number of rotatable bonds is 3. The molecule has 108 valence electrons. The third-order valence-corrected chi connectivity index (χ3v) is 4.81. The van der Waals surface area contributed by atoms with E-state index < -0.39 is 17.3 Å². The lowest BCUT2D eigenvalue weighted by Crippen LogP contribution is -2.55. The summed E-state index contributed by atoms with van der Waals surface area (Å²) in [4.78, 5) is 17.7. The molecule has 0 aliphatic carbocycles. The van der Waals surface area contributed by atoms with Crippen molar-refractivity contribution in [1.29, 1.82) is 0 Å². The van der Waals surface area contributed by atoms with Gasteiger partial charge in [-0.1, -0.05) is 11.6 Å². The standard InChI is InChI=1S/C12H20Cl2N4O/c1-18(7-2-4-16-5-3-7)8-6-9(13)17-11(10(8)14)12(15)19/h7-8,10-11,16H,2-6H2,1H3,(H2,15,19). The molecular formula is C12H20Cl2N4O. The molecule has 1 amide bonds. The van der Waals surface area contributed by atoms with E-state index in [0.29, 0.717) is 17.6 Å². The van der Waals surface area contributed by atoms with E-state index in [0.717, 1.165) is 25.9 Å². The molecule has 3 N–H and O–H groups in total. The molecule has 2 rings (SSSR count). The summed E-state index contributed by atoms with van der Waals surface area (Å²) >= 11 is 12.4. The van der Waals surface area contributed by atoms with Crippen LogP contribution in [0.1, 0.15) is 19.3 Å². The Balaban J connectivity index is 2.10. The molecule has 0 radical (unpaired) electrons. The van der Waals surface area contributed by atoms with Gasteiger partial charge in [0, 0.05) is 18.5 Å². The van der Waals surface area contributed by atoms with E-state index in [9.17, 15) is 4.79 Å². The van der Waals surface area contributed by atoms with Crippen molar-refractivity contribution >= 4 is 34.3 Å². The highest BCUT2D eigenvalue weighted by Crippen LogP contribution is 2.28. The first-order valence-electron chi connectivity index (χ1n) is 6.59. The molecule has 0 saturated carbocycles. The molecule has 0 bridgehead atoms. The third-order valence-electron chi connectivity index (χ3n) is 4.03. The number of nitrogens with two attached hydrogens (primary N) is 1. The SMILES string of the molecule is CN(C1CCNCC1)C1CC(Cl)=NC(C(N)=O)C1Cl. The van der Waals surface area contributed by atoms with Gasteiger partial charge >= 0.3 is 0 Å². The van der Waals surface area contributed by atoms with Gasteiger partial charge in [0.15, 0.2) is 0 Å². The van der Waals surface area contributed by atoms with Gasteiger partial charge in [-0.3, -0.25) is 14.7 Å². The smallest absolute Gasteiger partial charge is 0.243 e. The summed E-state index contributed by atoms with van der Waals surface area (Å²) < 4.78 is 0. The molecule has 0 aromatic heterocycles. The summed E-state index contributed by atoms with van der Waals surface area (Å²) in [6.45, 7) is 2.02. The lowest BCUT2D eigenvalue weighted by atomic mass is 9.95. The largest absolute Gasteiger partial charge is 0.368 e. The Morgan fingerprint density at radius 2 is 2.11 bits per heavy atom. The average Bonchev–Trinajstić information content (AvgIpc) is 2.41. The quantitative estimate of drug-likeness (QED) is 0.748. The first-order valence-corrected chi connectivity index (χ1v) is 7.40. The Morgan fingerprint density at radius 1 is 1.47 bits per heavy atom. The van der Waals surface area contributed by atoms with Crippen LogP contribution in [0, 0.1) is 0 Å². The van der Waals surface area contributed by atoms with Gasteiger partial charge in [-0.2, -0.15) is 0 Å². The van der Waals surface area contributed by atoms with Crippen LogP contribution >= 0.6 is 23.2 Å². The van der Waals surface area contributed by atoms with E-state index in [1.807, 2.05) is 7.05 Å². The normalized spacial score (nSPS) is 33.3. The van der Waals surface area contributed by atoms with Gasteiger partial charge < -0.3 is 11.1 Å². The van der Waals surface area contributed by atoms with Crippen LogP contribution in [0.2, 0.25) is 0 Å². The van der Waals surface area contributed by atoms with E-state index in [2.05, 4.69) is 15.2 Å². The summed E-state index contributed by atoms with van der Waals surface area (Å²) in [6, 6.07) is -0.257. The van der Waals surface area contributed by atoms with Gasteiger partial charge in [0.1, 0.15) is 11.2 Å². The summed E-state index contributed by atoms with van der Waals surface area (Å²) in [5, 5.41) is 3.36. The number of carbonyl (C=O) groups excluding carboxylic acids is 1. The van der Waals surface area contributed by atoms with Crippen LogP contribution in [0.15, 0.2) is 4.99 Å². The minimum atomic E-state index is -0.725. The molecular weight excluding hydrogens is 287 g/mol. The lowest BCUT2D eigenvalue weighted by Gasteiger charge is -2.41. The number of halogens is 2. The number of hydrogen-bond donors (Lipinski definition) is 2. The van der Waals surface area contributed by atoms with Gasteiger partial charge in [-0.25, -0.2) is 0 Å². The van der Waals surface area contributed by atoms with E-state index in [-0.39, 0.29) is 6.04 Å². The number of primary amides is 1. The van der Waals surface area contributed by atoms with Crippen LogP contribution in [-0.2, 0) is 4.79 Å². The lowest BCUT2D eigenvalue weighted by molar-refractivity contribution is -0.119. The van der Waals surface area contributed by atoms with E-state index in [1.165, 1.54) is 0 Å². The van der Waals surface area contributed by atoms with Gasteiger partial charge in [-0.05, 0) is 33.0 Å². The van der Waals surface area contributed by atoms with Crippen molar-refractivity contribution in [3.05, 3.63) is 0 Å². The van der Waals surface area contributed by atoms with Crippen LogP contribution in [0.5, 0.6) is 0 Å². The predicted molar refractivity (Wildman–Crippen MR) is 78.0 cm³/mol. The molecule has 0 spiro atoms. The van der Waals surface area contributed by atoms with Gasteiger partial charge in [0.25, 0.3) is 0 Å². The predicted octanol–water partition coefficient (Wildman–Crippen LogP) is 0.541. The highest BCUT2D eigenvalue weighted by Gasteiger charge is 2.40. The maximum absolute atomic E-state index is 11.4. The number of piperidine rings is 1. The highest BCUT2D eigenvalue weighted by atomic mass is 35.5. The molecule has 1 saturated heterocycles. The fourth-order valence-corrected chi connectivity index (χ4v) is 3.55. The minimum Gasteiger partial charge on any atom is -0.368 e. The molecule has 19 heavy (non-hydrogen) atoms. The number of alkyl halides is 1. The average molecular weight is 307 g/mol. The van der Waals surface area contributed by atoms with E-state index in [1.54, 1.807) is 0 Å². The molecule has 7 heteroatoms. The summed E-state index contributed by atoms with van der Waals surface area (Å²) in [5.74, 6) is -0.512. The maximum atomic E-state index is 11.4. The minimum absolute atomic E-state index is 0.00673. The van der Waals surface area contributed by atoms with Crippen LogP contribution in [0.25, 0.3) is 0 Å². The van der Waals surface area contributed by atoms with Crippen LogP contribution in [0.4, 0.5) is 0 Å². The summed E-state index contributed by atoms with van der Waals surface area (Å²) in [7, 11) is 2.05. The highest BCUT2D eigenvalue weighted by molar-refractivity contribution is 6.65. The second-order valence-corrected chi connectivity index (χ2v) is 6.16. The number of amides is 1. The third kappa shape index (κ3) is 3.40. The number of nitrogens with one attached hydrogen (secondary N) is 1. The molecule has 2 aliphatic heterocycles. The van der Waals surface area contributed by atoms with Gasteiger partial charge in [0.05, 0.1) is 5.38 Å². The Morgan fingerprint density at radius 3 is 2.68 bits per heavy atom. The number of carbonyl (C=O) groups is 1. The van der Waals surface area contributed by atoms with Crippen LogP contribution < -0.4 is 11.1 Å². The van der Waals surface area contributed by atoms with Crippen LogP contribution in [0.3, 0.4) is 0 Å². The molecule has 2 heterocycles. The molecule has 3 unspecified atom stereocenters. The Labute approximate surface area is 123 Å². The summed E-state index contributed by atoms with van der Waals surface area (Å²) in [6.07, 6.45) is 2.74. The van der Waals surface area contributed by atoms with Crippen LogP contribution in [-0.4, -0.2) is 59.6 Å². The monoisotopic (exact) mass is 306 g/mol. The van der Waals surface area contributed by atoms with Crippen molar-refractivity contribution in [1.82, 2.24) is 10.2 Å². The molecule has 5 nitrogen and oxygen atoms in total. The zero-order valence-electron chi connectivity index (χ0n) is 11.0. The first kappa shape index (κ1) is 15.0. The fourth-order valence-electron chi connectivity index (χ4n) is 2.84. The van der Waals surface area contributed by atoms with Crippen molar-refractivity contribution in [2.45, 2.75) is 42.8 Å². The van der Waals surface area contributed by atoms with Crippen molar-refractivity contribution in [2.75, 3.05) is 20.1 Å². The van der Waals surface area contributed by atoms with Crippen molar-refractivity contribution in [2.24, 2.45) is 10.7 Å². The molecule has 3 atom stereocenters. The van der Waals surface area contributed by atoms with Crippen molar-refractivity contribution < 1.29 is 4.79 Å². The zero-order valence-corrected chi connectivity index (χ0v) is 12.5. The van der Waals surface area contributed by atoms with E-state index >= 15 is 0 Å². The Bertz CT molecular complexity index is 371. The molecule has 2 aliphatic rings. The molecule has 1 fully saturated rings. The maximum Gasteiger partial charge on any atom is 0.243 e. The second-order valence-electron chi connectivity index (χ2n) is 5.22. The number of nitrogens with zero attached hydrogens (tertiary/aromatic N) is 2. The second kappa shape index (κ2) is 6.39.